The number of carbonyl (C=O) groups is 1. The summed E-state index contributed by atoms with van der Waals surface area (Å²) in [5.74, 6) is 0.638. The van der Waals surface area contributed by atoms with Gasteiger partial charge in [-0.25, -0.2) is 9.59 Å². The summed E-state index contributed by atoms with van der Waals surface area (Å²) in [6, 6.07) is 6.75. The molecule has 5 rings (SSSR count). The number of aromatic amines is 1. The maximum Gasteiger partial charge on any atom is 0.410 e. The van der Waals surface area contributed by atoms with Gasteiger partial charge in [-0.2, -0.15) is 0 Å². The van der Waals surface area contributed by atoms with Gasteiger partial charge in [-0.1, -0.05) is 0 Å². The first kappa shape index (κ1) is 22.3. The minimum absolute atomic E-state index is 0.0205. The van der Waals surface area contributed by atoms with Crippen molar-refractivity contribution in [3.05, 3.63) is 28.7 Å². The Hall–Kier alpha value is -2.48. The Bertz CT molecular complexity index is 1050. The molecule has 1 aromatic heterocycles. The molecule has 1 amide bonds. The van der Waals surface area contributed by atoms with Crippen LogP contribution in [0.5, 0.6) is 0 Å². The quantitative estimate of drug-likeness (QED) is 0.765. The second-order valence-corrected chi connectivity index (χ2v) is 10.9. The van der Waals surface area contributed by atoms with Crippen molar-refractivity contribution in [2.75, 3.05) is 50.7 Å². The summed E-state index contributed by atoms with van der Waals surface area (Å²) in [6.45, 7) is 12.5. The van der Waals surface area contributed by atoms with Crippen LogP contribution in [0.25, 0.3) is 11.0 Å². The topological polar surface area (TPSA) is 73.8 Å². The SMILES string of the molecule is CC(C)(C)OC(=O)N1CCC(CN2CCN(c3ccc4[nH]c(=O)n(C5CC5)c4c3)CC2)CC1. The maximum absolute atomic E-state index is 12.3. The van der Waals surface area contributed by atoms with Gasteiger partial charge >= 0.3 is 11.8 Å². The molecule has 2 saturated heterocycles. The number of H-pyrrole nitrogens is 1. The Morgan fingerprint density at radius 2 is 1.73 bits per heavy atom. The number of nitrogens with one attached hydrogen (secondary N) is 1. The van der Waals surface area contributed by atoms with Gasteiger partial charge in [-0.05, 0) is 70.6 Å². The number of imidazole rings is 1. The van der Waals surface area contributed by atoms with Crippen LogP contribution < -0.4 is 10.6 Å². The Kier molecular flexibility index (Phi) is 5.89. The van der Waals surface area contributed by atoms with Gasteiger partial charge in [0.25, 0.3) is 0 Å². The fraction of sp³-hybridized carbons (Fsp3) is 0.680. The van der Waals surface area contributed by atoms with E-state index in [0.29, 0.717) is 12.0 Å². The Labute approximate surface area is 195 Å². The number of aromatic nitrogens is 2. The molecule has 1 aromatic carbocycles. The maximum atomic E-state index is 12.3. The highest BCUT2D eigenvalue weighted by atomic mass is 16.6. The molecule has 8 nitrogen and oxygen atoms in total. The van der Waals surface area contributed by atoms with Gasteiger partial charge in [-0.3, -0.25) is 9.47 Å². The number of piperazine rings is 1. The number of piperidine rings is 1. The Morgan fingerprint density at radius 3 is 2.36 bits per heavy atom. The zero-order valence-electron chi connectivity index (χ0n) is 20.2. The number of carbonyl (C=O) groups excluding carboxylic acids is 1. The lowest BCUT2D eigenvalue weighted by Gasteiger charge is -2.39. The van der Waals surface area contributed by atoms with Crippen molar-refractivity contribution in [1.29, 1.82) is 0 Å². The zero-order chi connectivity index (χ0) is 23.2. The van der Waals surface area contributed by atoms with Crippen molar-refractivity contribution < 1.29 is 9.53 Å². The van der Waals surface area contributed by atoms with E-state index in [4.69, 9.17) is 4.74 Å². The number of rotatable bonds is 4. The highest BCUT2D eigenvalue weighted by Gasteiger charge is 2.30. The molecule has 0 unspecified atom stereocenters. The number of hydrogen-bond donors (Lipinski definition) is 1. The number of anilines is 1. The van der Waals surface area contributed by atoms with Crippen molar-refractivity contribution in [3.63, 3.8) is 0 Å². The minimum atomic E-state index is -0.436. The van der Waals surface area contributed by atoms with E-state index in [1.807, 2.05) is 30.2 Å². The molecular weight excluding hydrogens is 418 g/mol. The van der Waals surface area contributed by atoms with Gasteiger partial charge in [0.2, 0.25) is 0 Å². The first-order valence-electron chi connectivity index (χ1n) is 12.5. The third-order valence-corrected chi connectivity index (χ3v) is 7.13. The van der Waals surface area contributed by atoms with Crippen LogP contribution in [-0.2, 0) is 4.74 Å². The number of benzene rings is 1. The van der Waals surface area contributed by atoms with E-state index in [1.165, 1.54) is 5.69 Å². The van der Waals surface area contributed by atoms with Crippen LogP contribution in [-0.4, -0.2) is 76.9 Å². The van der Waals surface area contributed by atoms with Crippen LogP contribution >= 0.6 is 0 Å². The predicted octanol–water partition coefficient (Wildman–Crippen LogP) is 3.43. The highest BCUT2D eigenvalue weighted by Crippen LogP contribution is 2.36. The first-order valence-corrected chi connectivity index (χ1v) is 12.5. The van der Waals surface area contributed by atoms with Gasteiger partial charge in [0.05, 0.1) is 11.0 Å². The van der Waals surface area contributed by atoms with E-state index in [1.54, 1.807) is 0 Å². The molecule has 1 aliphatic carbocycles. The normalized spacial score (nSPS) is 21.1. The first-order chi connectivity index (χ1) is 15.8. The summed E-state index contributed by atoms with van der Waals surface area (Å²) in [5.41, 5.74) is 2.77. The number of nitrogens with zero attached hydrogens (tertiary/aromatic N) is 4. The fourth-order valence-corrected chi connectivity index (χ4v) is 5.18. The molecule has 33 heavy (non-hydrogen) atoms. The van der Waals surface area contributed by atoms with Crippen LogP contribution in [0.4, 0.5) is 10.5 Å². The average Bonchev–Trinajstić information content (AvgIpc) is 3.55. The standard InChI is InChI=1S/C25H37N5O3/c1-25(2,3)33-24(32)29-10-8-18(9-11-29)17-27-12-14-28(15-13-27)20-6-7-21-22(16-20)30(19-4-5-19)23(31)26-21/h6-7,16,18-19H,4-5,8-15,17H2,1-3H3,(H,26,31). The summed E-state index contributed by atoms with van der Waals surface area (Å²) in [4.78, 5) is 34.5. The van der Waals surface area contributed by atoms with Gasteiger partial charge < -0.3 is 19.5 Å². The van der Waals surface area contributed by atoms with E-state index in [-0.39, 0.29) is 11.8 Å². The smallest absolute Gasteiger partial charge is 0.410 e. The van der Waals surface area contributed by atoms with Crippen molar-refractivity contribution in [3.8, 4) is 0 Å². The molecule has 3 heterocycles. The van der Waals surface area contributed by atoms with Gasteiger partial charge in [0.1, 0.15) is 5.60 Å². The molecule has 0 bridgehead atoms. The van der Waals surface area contributed by atoms with Crippen molar-refractivity contribution in [2.24, 2.45) is 5.92 Å². The van der Waals surface area contributed by atoms with Crippen molar-refractivity contribution in [2.45, 2.75) is 58.1 Å². The fourth-order valence-electron chi connectivity index (χ4n) is 5.18. The molecule has 8 heteroatoms. The summed E-state index contributed by atoms with van der Waals surface area (Å²) in [5, 5.41) is 0. The van der Waals surface area contributed by atoms with E-state index < -0.39 is 5.60 Å². The highest BCUT2D eigenvalue weighted by molar-refractivity contribution is 5.80. The number of likely N-dealkylation sites (tertiary alicyclic amines) is 1. The molecule has 0 spiro atoms. The lowest BCUT2D eigenvalue weighted by Crippen LogP contribution is -2.49. The molecule has 3 fully saturated rings. The Balaban J connectivity index is 1.12. The molecule has 2 aromatic rings. The van der Waals surface area contributed by atoms with Crippen molar-refractivity contribution in [1.82, 2.24) is 19.4 Å². The van der Waals surface area contributed by atoms with Gasteiger partial charge in [0.15, 0.2) is 0 Å². The van der Waals surface area contributed by atoms with E-state index >= 15 is 0 Å². The number of amides is 1. The molecule has 3 aliphatic rings. The third-order valence-electron chi connectivity index (χ3n) is 7.13. The van der Waals surface area contributed by atoms with Crippen molar-refractivity contribution >= 4 is 22.8 Å². The summed E-state index contributed by atoms with van der Waals surface area (Å²) < 4.78 is 7.46. The minimum Gasteiger partial charge on any atom is -0.444 e. The number of hydrogen-bond acceptors (Lipinski definition) is 5. The molecule has 1 N–H and O–H groups in total. The monoisotopic (exact) mass is 455 g/mol. The van der Waals surface area contributed by atoms with Gasteiger partial charge in [0, 0.05) is 57.5 Å². The second kappa shape index (κ2) is 8.70. The van der Waals surface area contributed by atoms with Gasteiger partial charge in [-0.15, -0.1) is 0 Å². The number of ether oxygens (including phenoxy) is 1. The van der Waals surface area contributed by atoms with Crippen LogP contribution in [0.3, 0.4) is 0 Å². The summed E-state index contributed by atoms with van der Waals surface area (Å²) in [7, 11) is 0. The largest absolute Gasteiger partial charge is 0.444 e. The molecular formula is C25H37N5O3. The Morgan fingerprint density at radius 1 is 1.03 bits per heavy atom. The molecule has 180 valence electrons. The molecule has 0 atom stereocenters. The van der Waals surface area contributed by atoms with Crippen LogP contribution in [0.1, 0.15) is 52.5 Å². The zero-order valence-corrected chi connectivity index (χ0v) is 20.2. The molecule has 1 saturated carbocycles. The van der Waals surface area contributed by atoms with Crippen LogP contribution in [0.15, 0.2) is 23.0 Å². The summed E-state index contributed by atoms with van der Waals surface area (Å²) >= 11 is 0. The van der Waals surface area contributed by atoms with E-state index in [9.17, 15) is 9.59 Å². The average molecular weight is 456 g/mol. The lowest BCUT2D eigenvalue weighted by molar-refractivity contribution is 0.0169. The van der Waals surface area contributed by atoms with E-state index in [0.717, 1.165) is 82.5 Å². The second-order valence-electron chi connectivity index (χ2n) is 10.9. The van der Waals surface area contributed by atoms with Crippen LogP contribution in [0, 0.1) is 5.92 Å². The van der Waals surface area contributed by atoms with Crippen LogP contribution in [0.2, 0.25) is 0 Å². The molecule has 0 radical (unpaired) electrons. The predicted molar refractivity (Wildman–Crippen MR) is 130 cm³/mol. The van der Waals surface area contributed by atoms with E-state index in [2.05, 4.69) is 33.0 Å². The summed E-state index contributed by atoms with van der Waals surface area (Å²) in [6.07, 6.45) is 4.12. The lowest BCUT2D eigenvalue weighted by atomic mass is 9.96. The molecule has 2 aliphatic heterocycles. The number of fused-ring (bicyclic) bond motifs is 1. The third kappa shape index (κ3) is 5.05.